The Balaban J connectivity index is 1.47. The number of anilines is 2. The van der Waals surface area contributed by atoms with Crippen molar-refractivity contribution in [3.63, 3.8) is 0 Å². The second kappa shape index (κ2) is 12.4. The lowest BCUT2D eigenvalue weighted by Crippen LogP contribution is -2.41. The van der Waals surface area contributed by atoms with Crippen LogP contribution in [0.3, 0.4) is 0 Å². The summed E-state index contributed by atoms with van der Waals surface area (Å²) < 4.78 is 65.1. The lowest BCUT2D eigenvalue weighted by molar-refractivity contribution is 0.0204. The van der Waals surface area contributed by atoms with Crippen LogP contribution in [0.25, 0.3) is 21.8 Å². The number of carbonyl (C=O) groups is 1. The van der Waals surface area contributed by atoms with E-state index in [4.69, 9.17) is 15.5 Å². The van der Waals surface area contributed by atoms with Crippen LogP contribution in [0.2, 0.25) is 0 Å². The monoisotopic (exact) mass is 630 g/mol. The Morgan fingerprint density at radius 1 is 1.09 bits per heavy atom. The number of halogens is 3. The van der Waals surface area contributed by atoms with Gasteiger partial charge in [0.1, 0.15) is 22.7 Å². The highest BCUT2D eigenvalue weighted by Crippen LogP contribution is 2.43. The average Bonchev–Trinajstić information content (AvgIpc) is 3.39. The molecule has 43 heavy (non-hydrogen) atoms. The van der Waals surface area contributed by atoms with Crippen LogP contribution in [-0.4, -0.2) is 49.2 Å². The topological polar surface area (TPSA) is 129 Å². The van der Waals surface area contributed by atoms with Gasteiger partial charge in [-0.15, -0.1) is 11.3 Å². The van der Waals surface area contributed by atoms with Crippen molar-refractivity contribution in [1.29, 1.82) is 0 Å². The summed E-state index contributed by atoms with van der Waals surface area (Å²) in [6.07, 6.45) is 2.35. The highest BCUT2D eigenvalue weighted by molar-refractivity contribution is 7.92. The zero-order chi connectivity index (χ0) is 30.9. The number of hydrogen-bond donors (Lipinski definition) is 2. The number of carbonyl (C=O) groups excluding carboxylic acids is 1. The standard InChI is InChI=1S/C29H29F3N6O3S2/c1-29(2,3)41-28(39)38-14-11-16(12-15-38)26-36-23(24(42-26)21-10-13-34-27(33)35-21)17-6-4-9-20(22(17)32)37-43(40)25-18(30)7-5-8-19(25)31/h4-10,13,16,37H,11-12,14-15H2,1-3H3,(H2,33,34,35). The third-order valence-corrected chi connectivity index (χ3v) is 9.01. The van der Waals surface area contributed by atoms with Gasteiger partial charge in [-0.3, -0.25) is 0 Å². The number of nitrogens with zero attached hydrogens (tertiary/aromatic N) is 4. The molecule has 5 rings (SSSR count). The van der Waals surface area contributed by atoms with Crippen LogP contribution in [0.1, 0.15) is 44.5 Å². The Morgan fingerprint density at radius 3 is 2.42 bits per heavy atom. The molecule has 3 N–H and O–H groups in total. The summed E-state index contributed by atoms with van der Waals surface area (Å²) >= 11 is -1.09. The molecule has 4 aromatic rings. The quantitative estimate of drug-likeness (QED) is 0.231. The number of hydrogen-bond acceptors (Lipinski definition) is 9. The van der Waals surface area contributed by atoms with Crippen LogP contribution in [0.5, 0.6) is 0 Å². The van der Waals surface area contributed by atoms with Gasteiger partial charge in [0.25, 0.3) is 4.90 Å². The fourth-order valence-corrected chi connectivity index (χ4v) is 6.78. The lowest BCUT2D eigenvalue weighted by Gasteiger charge is -2.32. The molecule has 1 aliphatic rings. The fourth-order valence-electron chi connectivity index (χ4n) is 4.61. The Labute approximate surface area is 253 Å². The molecular weight excluding hydrogens is 601 g/mol. The van der Waals surface area contributed by atoms with E-state index in [0.717, 1.165) is 23.2 Å². The van der Waals surface area contributed by atoms with E-state index in [1.165, 1.54) is 35.7 Å². The van der Waals surface area contributed by atoms with Crippen LogP contribution < -0.4 is 10.5 Å². The van der Waals surface area contributed by atoms with Gasteiger partial charge in [0.15, 0.2) is 17.5 Å². The third kappa shape index (κ3) is 6.86. The molecule has 1 amide bonds. The van der Waals surface area contributed by atoms with Gasteiger partial charge in [0.05, 0.1) is 21.3 Å². The Kier molecular flexibility index (Phi) is 8.81. The first-order valence-corrected chi connectivity index (χ1v) is 15.4. The highest BCUT2D eigenvalue weighted by Gasteiger charge is 2.31. The predicted molar refractivity (Wildman–Crippen MR) is 159 cm³/mol. The second-order valence-corrected chi connectivity index (χ2v) is 13.0. The van der Waals surface area contributed by atoms with Gasteiger partial charge >= 0.3 is 6.09 Å². The molecule has 2 aromatic heterocycles. The molecule has 0 saturated carbocycles. The van der Waals surface area contributed by atoms with Gasteiger partial charge in [-0.2, -0.15) is 0 Å². The molecular formula is C29H29F3N6O3S2. The number of thiazole rings is 1. The molecule has 0 radical (unpaired) electrons. The number of rotatable bonds is 6. The number of nitrogens with one attached hydrogen (secondary N) is 1. The minimum Gasteiger partial charge on any atom is -0.588 e. The normalized spacial score (nSPS) is 14.9. The van der Waals surface area contributed by atoms with Crippen LogP contribution in [0.15, 0.2) is 53.6 Å². The molecule has 1 atom stereocenters. The number of nitrogen functional groups attached to an aromatic ring is 1. The van der Waals surface area contributed by atoms with E-state index in [-0.39, 0.29) is 34.9 Å². The second-order valence-electron chi connectivity index (χ2n) is 10.9. The lowest BCUT2D eigenvalue weighted by atomic mass is 9.97. The number of ether oxygens (including phenoxy) is 1. The molecule has 3 heterocycles. The van der Waals surface area contributed by atoms with Crippen LogP contribution in [0.4, 0.5) is 29.6 Å². The van der Waals surface area contributed by atoms with Crippen molar-refractivity contribution in [1.82, 2.24) is 19.9 Å². The third-order valence-electron chi connectivity index (χ3n) is 6.61. The van der Waals surface area contributed by atoms with E-state index in [1.807, 2.05) is 20.8 Å². The molecule has 226 valence electrons. The maximum absolute atomic E-state index is 16.0. The minimum atomic E-state index is -2.43. The molecule has 1 unspecified atom stereocenters. The molecule has 2 aromatic carbocycles. The zero-order valence-corrected chi connectivity index (χ0v) is 25.2. The van der Waals surface area contributed by atoms with E-state index in [9.17, 15) is 18.1 Å². The van der Waals surface area contributed by atoms with Crippen molar-refractivity contribution >= 4 is 40.4 Å². The number of benzene rings is 2. The van der Waals surface area contributed by atoms with Gasteiger partial charge in [0, 0.05) is 30.8 Å². The largest absolute Gasteiger partial charge is 0.588 e. The van der Waals surface area contributed by atoms with Crippen LogP contribution in [0, 0.1) is 17.5 Å². The first-order chi connectivity index (χ1) is 20.4. The summed E-state index contributed by atoms with van der Waals surface area (Å²) in [5.41, 5.74) is 5.79. The van der Waals surface area contributed by atoms with Gasteiger partial charge in [-0.1, -0.05) is 12.1 Å². The van der Waals surface area contributed by atoms with Gasteiger partial charge in [-0.05, 0) is 63.9 Å². The van der Waals surface area contributed by atoms with Gasteiger partial charge in [0.2, 0.25) is 5.95 Å². The molecule has 14 heteroatoms. The summed E-state index contributed by atoms with van der Waals surface area (Å²) in [7, 11) is 0. The van der Waals surface area contributed by atoms with Crippen molar-refractivity contribution in [2.45, 2.75) is 50.0 Å². The minimum absolute atomic E-state index is 0.0173. The van der Waals surface area contributed by atoms with Crippen molar-refractivity contribution in [3.05, 3.63) is 71.1 Å². The summed E-state index contributed by atoms with van der Waals surface area (Å²) in [6, 6.07) is 9.07. The van der Waals surface area contributed by atoms with Crippen LogP contribution >= 0.6 is 11.3 Å². The van der Waals surface area contributed by atoms with Crippen molar-refractivity contribution < 1.29 is 27.3 Å². The molecule has 1 fully saturated rings. The fraction of sp³-hybridized carbons (Fsp3) is 0.310. The molecule has 0 spiro atoms. The van der Waals surface area contributed by atoms with E-state index in [2.05, 4.69) is 14.7 Å². The van der Waals surface area contributed by atoms with Crippen LogP contribution in [-0.2, 0) is 16.1 Å². The van der Waals surface area contributed by atoms with Crippen molar-refractivity contribution in [2.24, 2.45) is 0 Å². The molecule has 0 aliphatic carbocycles. The van der Waals surface area contributed by atoms with E-state index in [1.54, 1.807) is 11.0 Å². The van der Waals surface area contributed by atoms with Crippen molar-refractivity contribution in [3.8, 4) is 21.8 Å². The van der Waals surface area contributed by atoms with Crippen molar-refractivity contribution in [2.75, 3.05) is 23.5 Å². The molecule has 1 aliphatic heterocycles. The number of nitrogens with two attached hydrogens (primary N) is 1. The summed E-state index contributed by atoms with van der Waals surface area (Å²) in [4.78, 5) is 27.1. The summed E-state index contributed by atoms with van der Waals surface area (Å²) in [5.74, 6) is -2.84. The summed E-state index contributed by atoms with van der Waals surface area (Å²) in [5, 5.41) is 0.723. The number of likely N-dealkylation sites (tertiary alicyclic amines) is 1. The number of piperidine rings is 1. The Bertz CT molecular complexity index is 1620. The first-order valence-electron chi connectivity index (χ1n) is 13.4. The maximum Gasteiger partial charge on any atom is 0.410 e. The zero-order valence-electron chi connectivity index (χ0n) is 23.6. The van der Waals surface area contributed by atoms with Gasteiger partial charge in [-0.25, -0.2) is 37.6 Å². The highest BCUT2D eigenvalue weighted by atomic mass is 32.2. The molecule has 1 saturated heterocycles. The average molecular weight is 631 g/mol. The van der Waals surface area contributed by atoms with E-state index in [0.29, 0.717) is 36.5 Å². The smallest absolute Gasteiger partial charge is 0.410 e. The van der Waals surface area contributed by atoms with E-state index >= 15 is 4.39 Å². The van der Waals surface area contributed by atoms with E-state index < -0.39 is 39.3 Å². The molecule has 0 bridgehead atoms. The first kappa shape index (κ1) is 30.6. The molecule has 9 nitrogen and oxygen atoms in total. The van der Waals surface area contributed by atoms with Gasteiger partial charge < -0.3 is 19.9 Å². The predicted octanol–water partition coefficient (Wildman–Crippen LogP) is 6.52. The maximum atomic E-state index is 16.0. The number of amides is 1. The Morgan fingerprint density at radius 2 is 1.77 bits per heavy atom. The SMILES string of the molecule is CC(C)(C)OC(=O)N1CCC(c2nc(-c3cccc(N[S+]([O-])c4c(F)cccc4F)c3F)c(-c3ccnc(N)n3)s2)CC1. The number of aromatic nitrogens is 3. The summed E-state index contributed by atoms with van der Waals surface area (Å²) in [6.45, 7) is 6.38. The Hall–Kier alpha value is -3.88.